The molecule has 3 rings (SSSR count). The van der Waals surface area contributed by atoms with Crippen LogP contribution in [0.15, 0.2) is 22.7 Å². The van der Waals surface area contributed by atoms with Crippen LogP contribution < -0.4 is 10.2 Å². The quantitative estimate of drug-likeness (QED) is 0.854. The van der Waals surface area contributed by atoms with Crippen LogP contribution in [0.3, 0.4) is 0 Å². The number of nitrogens with one attached hydrogen (secondary N) is 1. The largest absolute Gasteiger partial charge is 0.368 e. The van der Waals surface area contributed by atoms with E-state index in [-0.39, 0.29) is 0 Å². The molecule has 3 nitrogen and oxygen atoms in total. The lowest BCUT2D eigenvalue weighted by atomic mass is 10.1. The van der Waals surface area contributed by atoms with Crippen molar-refractivity contribution in [1.82, 2.24) is 10.2 Å². The van der Waals surface area contributed by atoms with Crippen LogP contribution in [0.4, 0.5) is 5.69 Å². The van der Waals surface area contributed by atoms with Gasteiger partial charge < -0.3 is 10.2 Å². The molecule has 1 aromatic rings. The first-order valence-corrected chi connectivity index (χ1v) is 7.49. The molecule has 2 fully saturated rings. The number of hydrogen-bond acceptors (Lipinski definition) is 3. The van der Waals surface area contributed by atoms with Crippen LogP contribution in [0, 0.1) is 6.92 Å². The summed E-state index contributed by atoms with van der Waals surface area (Å²) >= 11 is 3.54. The zero-order valence-corrected chi connectivity index (χ0v) is 12.4. The summed E-state index contributed by atoms with van der Waals surface area (Å²) in [7, 11) is 0. The SMILES string of the molecule is Cc1cc(Br)ccc1N1CCN2CCNCC2C1. The fraction of sp³-hybridized carbons (Fsp3) is 0.571. The fourth-order valence-corrected chi connectivity index (χ4v) is 3.54. The molecule has 1 atom stereocenters. The van der Waals surface area contributed by atoms with Crippen molar-refractivity contribution in [3.05, 3.63) is 28.2 Å². The van der Waals surface area contributed by atoms with E-state index in [1.807, 2.05) is 0 Å². The molecule has 0 amide bonds. The molecule has 0 aliphatic carbocycles. The number of rotatable bonds is 1. The van der Waals surface area contributed by atoms with Gasteiger partial charge in [0.1, 0.15) is 0 Å². The van der Waals surface area contributed by atoms with E-state index in [9.17, 15) is 0 Å². The maximum absolute atomic E-state index is 3.54. The third-order valence-electron chi connectivity index (χ3n) is 4.06. The summed E-state index contributed by atoms with van der Waals surface area (Å²) in [6, 6.07) is 7.27. The summed E-state index contributed by atoms with van der Waals surface area (Å²) in [6.07, 6.45) is 0. The molecule has 0 bridgehead atoms. The molecule has 4 heteroatoms. The highest BCUT2D eigenvalue weighted by Crippen LogP contribution is 2.26. The Hall–Kier alpha value is -0.580. The zero-order valence-electron chi connectivity index (χ0n) is 10.8. The number of aryl methyl sites for hydroxylation is 1. The Labute approximate surface area is 117 Å². The van der Waals surface area contributed by atoms with Crippen LogP contribution in [-0.2, 0) is 0 Å². The van der Waals surface area contributed by atoms with E-state index in [0.717, 1.165) is 26.2 Å². The maximum Gasteiger partial charge on any atom is 0.0397 e. The van der Waals surface area contributed by atoms with Crippen LogP contribution in [0.1, 0.15) is 5.56 Å². The molecule has 2 aliphatic heterocycles. The summed E-state index contributed by atoms with van der Waals surface area (Å²) in [4.78, 5) is 5.16. The van der Waals surface area contributed by atoms with Gasteiger partial charge in [-0.1, -0.05) is 15.9 Å². The van der Waals surface area contributed by atoms with E-state index in [1.165, 1.54) is 28.8 Å². The molecule has 2 heterocycles. The van der Waals surface area contributed by atoms with Crippen LogP contribution in [0.2, 0.25) is 0 Å². The van der Waals surface area contributed by atoms with Gasteiger partial charge in [0.25, 0.3) is 0 Å². The second-order valence-corrected chi connectivity index (χ2v) is 6.19. The Morgan fingerprint density at radius 2 is 2.17 bits per heavy atom. The normalized spacial score (nSPS) is 25.0. The smallest absolute Gasteiger partial charge is 0.0397 e. The summed E-state index contributed by atoms with van der Waals surface area (Å²) in [5.74, 6) is 0. The first-order valence-electron chi connectivity index (χ1n) is 6.70. The van der Waals surface area contributed by atoms with Crippen molar-refractivity contribution in [3.63, 3.8) is 0 Å². The molecule has 0 radical (unpaired) electrons. The lowest BCUT2D eigenvalue weighted by Gasteiger charge is -2.45. The number of halogens is 1. The van der Waals surface area contributed by atoms with Crippen LogP contribution >= 0.6 is 15.9 Å². The molecule has 18 heavy (non-hydrogen) atoms. The Kier molecular flexibility index (Phi) is 3.59. The predicted molar refractivity (Wildman–Crippen MR) is 79.3 cm³/mol. The number of benzene rings is 1. The van der Waals surface area contributed by atoms with E-state index in [1.54, 1.807) is 0 Å². The van der Waals surface area contributed by atoms with Gasteiger partial charge >= 0.3 is 0 Å². The second-order valence-electron chi connectivity index (χ2n) is 5.27. The molecule has 1 N–H and O–H groups in total. The average molecular weight is 310 g/mol. The first kappa shape index (κ1) is 12.5. The number of piperazine rings is 2. The van der Waals surface area contributed by atoms with Crippen molar-refractivity contribution in [2.75, 3.05) is 44.2 Å². The monoisotopic (exact) mass is 309 g/mol. The van der Waals surface area contributed by atoms with E-state index >= 15 is 0 Å². The second kappa shape index (κ2) is 5.19. The van der Waals surface area contributed by atoms with Crippen molar-refractivity contribution in [2.24, 2.45) is 0 Å². The van der Waals surface area contributed by atoms with Gasteiger partial charge in [0.2, 0.25) is 0 Å². The molecule has 1 unspecified atom stereocenters. The summed E-state index contributed by atoms with van der Waals surface area (Å²) in [6.45, 7) is 9.18. The molecule has 0 saturated carbocycles. The van der Waals surface area contributed by atoms with Gasteiger partial charge in [-0.15, -0.1) is 0 Å². The molecule has 1 aromatic carbocycles. The van der Waals surface area contributed by atoms with E-state index in [2.05, 4.69) is 56.2 Å². The Bertz CT molecular complexity index is 435. The van der Waals surface area contributed by atoms with E-state index in [0.29, 0.717) is 6.04 Å². The summed E-state index contributed by atoms with van der Waals surface area (Å²) in [5.41, 5.74) is 2.75. The third kappa shape index (κ3) is 2.42. The van der Waals surface area contributed by atoms with Crippen molar-refractivity contribution < 1.29 is 0 Å². The highest BCUT2D eigenvalue weighted by Gasteiger charge is 2.29. The Morgan fingerprint density at radius 3 is 3.00 bits per heavy atom. The molecular weight excluding hydrogens is 290 g/mol. The molecule has 2 aliphatic rings. The van der Waals surface area contributed by atoms with Gasteiger partial charge in [0, 0.05) is 55.5 Å². The standard InChI is InChI=1S/C14H20BrN3/c1-11-8-12(15)2-3-14(11)18-7-6-17-5-4-16-9-13(17)10-18/h2-3,8,13,16H,4-7,9-10H2,1H3. The molecule has 2 saturated heterocycles. The summed E-state index contributed by atoms with van der Waals surface area (Å²) in [5, 5.41) is 3.50. The molecule has 0 aromatic heterocycles. The number of nitrogens with zero attached hydrogens (tertiary/aromatic N) is 2. The van der Waals surface area contributed by atoms with Gasteiger partial charge in [-0.05, 0) is 30.7 Å². The van der Waals surface area contributed by atoms with Gasteiger partial charge in [-0.2, -0.15) is 0 Å². The third-order valence-corrected chi connectivity index (χ3v) is 4.55. The first-order chi connectivity index (χ1) is 8.74. The van der Waals surface area contributed by atoms with Crippen molar-refractivity contribution in [3.8, 4) is 0 Å². The highest BCUT2D eigenvalue weighted by molar-refractivity contribution is 9.10. The number of hydrogen-bond donors (Lipinski definition) is 1. The maximum atomic E-state index is 3.54. The Morgan fingerprint density at radius 1 is 1.28 bits per heavy atom. The highest BCUT2D eigenvalue weighted by atomic mass is 79.9. The minimum Gasteiger partial charge on any atom is -0.368 e. The van der Waals surface area contributed by atoms with Crippen LogP contribution in [0.25, 0.3) is 0 Å². The van der Waals surface area contributed by atoms with Crippen LogP contribution in [0.5, 0.6) is 0 Å². The van der Waals surface area contributed by atoms with Gasteiger partial charge in [0.05, 0.1) is 0 Å². The van der Waals surface area contributed by atoms with Gasteiger partial charge in [-0.25, -0.2) is 0 Å². The lowest BCUT2D eigenvalue weighted by molar-refractivity contribution is 0.146. The van der Waals surface area contributed by atoms with E-state index in [4.69, 9.17) is 0 Å². The predicted octanol–water partition coefficient (Wildman–Crippen LogP) is 1.85. The molecule has 98 valence electrons. The Balaban J connectivity index is 1.77. The molecular formula is C14H20BrN3. The number of anilines is 1. The van der Waals surface area contributed by atoms with Crippen LogP contribution in [-0.4, -0.2) is 50.2 Å². The zero-order chi connectivity index (χ0) is 12.5. The number of fused-ring (bicyclic) bond motifs is 1. The minimum atomic E-state index is 0.676. The molecule has 0 spiro atoms. The lowest BCUT2D eigenvalue weighted by Crippen LogP contribution is -2.61. The van der Waals surface area contributed by atoms with Crippen molar-refractivity contribution >= 4 is 21.6 Å². The fourth-order valence-electron chi connectivity index (χ4n) is 3.06. The van der Waals surface area contributed by atoms with Crippen molar-refractivity contribution in [1.29, 1.82) is 0 Å². The van der Waals surface area contributed by atoms with Crippen molar-refractivity contribution in [2.45, 2.75) is 13.0 Å². The topological polar surface area (TPSA) is 18.5 Å². The summed E-state index contributed by atoms with van der Waals surface area (Å²) < 4.78 is 1.17. The average Bonchev–Trinajstić information content (AvgIpc) is 2.38. The minimum absolute atomic E-state index is 0.676. The van der Waals surface area contributed by atoms with Gasteiger partial charge in [-0.3, -0.25) is 4.90 Å². The van der Waals surface area contributed by atoms with Gasteiger partial charge in [0.15, 0.2) is 0 Å². The van der Waals surface area contributed by atoms with E-state index < -0.39 is 0 Å².